The van der Waals surface area contributed by atoms with Gasteiger partial charge in [0.1, 0.15) is 12.4 Å². The van der Waals surface area contributed by atoms with Crippen molar-refractivity contribution in [1.29, 1.82) is 0 Å². The molecule has 0 saturated heterocycles. The van der Waals surface area contributed by atoms with Crippen LogP contribution in [0, 0.1) is 26.2 Å². The summed E-state index contributed by atoms with van der Waals surface area (Å²) in [7, 11) is 0. The molecule has 0 bridgehead atoms. The van der Waals surface area contributed by atoms with Crippen LogP contribution in [-0.4, -0.2) is 6.61 Å². The summed E-state index contributed by atoms with van der Waals surface area (Å²) in [5.74, 6) is 3.33. The summed E-state index contributed by atoms with van der Waals surface area (Å²) in [6.07, 6.45) is 5.14. The van der Waals surface area contributed by atoms with E-state index in [-0.39, 0.29) is 0 Å². The predicted octanol–water partition coefficient (Wildman–Crippen LogP) is 1.77. The summed E-state index contributed by atoms with van der Waals surface area (Å²) < 4.78 is 5.44. The Hall–Kier alpha value is -1.46. The molecule has 0 unspecified atom stereocenters. The topological polar surface area (TPSA) is 35.2 Å². The number of aryl methyl sites for hydroxylation is 2. The average molecular weight is 189 g/mol. The van der Waals surface area contributed by atoms with Crippen molar-refractivity contribution < 1.29 is 4.74 Å². The largest absolute Gasteiger partial charge is 0.480 e. The number of benzene rings is 1. The lowest BCUT2D eigenvalue weighted by Crippen LogP contribution is -2.02. The minimum absolute atomic E-state index is 0.309. The highest BCUT2D eigenvalue weighted by Gasteiger charge is 2.04. The Kier molecular flexibility index (Phi) is 3.55. The van der Waals surface area contributed by atoms with E-state index in [9.17, 15) is 0 Å². The molecule has 1 rings (SSSR count). The molecule has 2 nitrogen and oxygen atoms in total. The fourth-order valence-corrected chi connectivity index (χ4v) is 1.50. The lowest BCUT2D eigenvalue weighted by molar-refractivity contribution is 0.365. The Morgan fingerprint density at radius 3 is 2.36 bits per heavy atom. The van der Waals surface area contributed by atoms with Gasteiger partial charge in [0.25, 0.3) is 0 Å². The Morgan fingerprint density at radius 1 is 1.36 bits per heavy atom. The van der Waals surface area contributed by atoms with Gasteiger partial charge in [0.15, 0.2) is 0 Å². The molecule has 1 aromatic rings. The summed E-state index contributed by atoms with van der Waals surface area (Å²) in [6.45, 7) is 4.86. The fraction of sp³-hybridized carbons (Fsp3) is 0.333. The van der Waals surface area contributed by atoms with E-state index in [0.717, 1.165) is 22.4 Å². The van der Waals surface area contributed by atoms with Crippen molar-refractivity contribution in [3.8, 4) is 18.1 Å². The quantitative estimate of drug-likeness (QED) is 0.735. The maximum atomic E-state index is 5.56. The van der Waals surface area contributed by atoms with E-state index in [1.165, 1.54) is 0 Å². The molecule has 0 aliphatic rings. The van der Waals surface area contributed by atoms with Gasteiger partial charge < -0.3 is 10.5 Å². The lowest BCUT2D eigenvalue weighted by atomic mass is 10.1. The van der Waals surface area contributed by atoms with Gasteiger partial charge in [0, 0.05) is 6.54 Å². The molecule has 0 radical (unpaired) electrons. The number of hydrogen-bond acceptors (Lipinski definition) is 2. The molecule has 0 aliphatic heterocycles. The standard InChI is InChI=1S/C12H15NO/c1-4-5-14-12-9(2)6-11(8-13)7-10(12)3/h1,6-7H,5,8,13H2,2-3H3. The van der Waals surface area contributed by atoms with Gasteiger partial charge in [-0.3, -0.25) is 0 Å². The van der Waals surface area contributed by atoms with Crippen molar-refractivity contribution >= 4 is 0 Å². The molecule has 1 aromatic carbocycles. The Morgan fingerprint density at radius 2 is 1.93 bits per heavy atom. The second-order valence-electron chi connectivity index (χ2n) is 3.26. The maximum Gasteiger partial charge on any atom is 0.148 e. The van der Waals surface area contributed by atoms with Gasteiger partial charge in [-0.05, 0) is 30.5 Å². The number of terminal acetylenes is 1. The Labute approximate surface area is 85.1 Å². The van der Waals surface area contributed by atoms with Gasteiger partial charge in [0.05, 0.1) is 0 Å². The molecule has 14 heavy (non-hydrogen) atoms. The zero-order valence-electron chi connectivity index (χ0n) is 8.63. The van der Waals surface area contributed by atoms with E-state index >= 15 is 0 Å². The number of ether oxygens (including phenoxy) is 1. The molecule has 0 amide bonds. The van der Waals surface area contributed by atoms with Crippen molar-refractivity contribution in [1.82, 2.24) is 0 Å². The average Bonchev–Trinajstić information content (AvgIpc) is 2.16. The van der Waals surface area contributed by atoms with Crippen LogP contribution in [0.5, 0.6) is 5.75 Å². The van der Waals surface area contributed by atoms with E-state index in [4.69, 9.17) is 16.9 Å². The second kappa shape index (κ2) is 4.69. The summed E-state index contributed by atoms with van der Waals surface area (Å²) in [5.41, 5.74) is 8.85. The van der Waals surface area contributed by atoms with Crippen LogP contribution < -0.4 is 10.5 Å². The normalized spacial score (nSPS) is 9.57. The highest BCUT2D eigenvalue weighted by atomic mass is 16.5. The van der Waals surface area contributed by atoms with Crippen molar-refractivity contribution in [3.63, 3.8) is 0 Å². The third kappa shape index (κ3) is 2.27. The number of hydrogen-bond donors (Lipinski definition) is 1. The van der Waals surface area contributed by atoms with Crippen LogP contribution >= 0.6 is 0 Å². The van der Waals surface area contributed by atoms with Gasteiger partial charge in [-0.1, -0.05) is 18.1 Å². The summed E-state index contributed by atoms with van der Waals surface area (Å²) in [5, 5.41) is 0. The SMILES string of the molecule is C#CCOc1c(C)cc(CN)cc1C. The third-order valence-electron chi connectivity index (χ3n) is 2.06. The summed E-state index contributed by atoms with van der Waals surface area (Å²) in [6, 6.07) is 4.05. The van der Waals surface area contributed by atoms with Gasteiger partial charge in [0.2, 0.25) is 0 Å². The smallest absolute Gasteiger partial charge is 0.148 e. The zero-order chi connectivity index (χ0) is 10.6. The molecule has 0 atom stereocenters. The van der Waals surface area contributed by atoms with Gasteiger partial charge in [-0.15, -0.1) is 6.42 Å². The van der Waals surface area contributed by atoms with E-state index < -0.39 is 0 Å². The van der Waals surface area contributed by atoms with Crippen LogP contribution in [0.1, 0.15) is 16.7 Å². The first-order chi connectivity index (χ1) is 6.69. The van der Waals surface area contributed by atoms with Gasteiger partial charge in [-0.2, -0.15) is 0 Å². The first kappa shape index (κ1) is 10.6. The Bertz CT molecular complexity index is 340. The summed E-state index contributed by atoms with van der Waals surface area (Å²) in [4.78, 5) is 0. The highest BCUT2D eigenvalue weighted by Crippen LogP contribution is 2.24. The number of rotatable bonds is 3. The molecule has 0 spiro atoms. The zero-order valence-corrected chi connectivity index (χ0v) is 8.63. The first-order valence-electron chi connectivity index (χ1n) is 4.55. The van der Waals surface area contributed by atoms with Crippen molar-refractivity contribution in [2.45, 2.75) is 20.4 Å². The predicted molar refractivity (Wildman–Crippen MR) is 58.1 cm³/mol. The van der Waals surface area contributed by atoms with Crippen molar-refractivity contribution in [2.75, 3.05) is 6.61 Å². The van der Waals surface area contributed by atoms with E-state index in [0.29, 0.717) is 13.2 Å². The highest BCUT2D eigenvalue weighted by molar-refractivity contribution is 5.43. The monoisotopic (exact) mass is 189 g/mol. The molecule has 2 N–H and O–H groups in total. The fourth-order valence-electron chi connectivity index (χ4n) is 1.50. The minimum atomic E-state index is 0.309. The molecule has 2 heteroatoms. The molecular formula is C12H15NO. The second-order valence-corrected chi connectivity index (χ2v) is 3.26. The maximum absolute atomic E-state index is 5.56. The van der Waals surface area contributed by atoms with Crippen LogP contribution in [-0.2, 0) is 6.54 Å². The molecular weight excluding hydrogens is 174 g/mol. The van der Waals surface area contributed by atoms with Gasteiger partial charge in [-0.25, -0.2) is 0 Å². The molecule has 0 aromatic heterocycles. The van der Waals surface area contributed by atoms with E-state index in [2.05, 4.69) is 5.92 Å². The third-order valence-corrected chi connectivity index (χ3v) is 2.06. The Balaban J connectivity index is 3.00. The first-order valence-corrected chi connectivity index (χ1v) is 4.55. The molecule has 0 aliphatic carbocycles. The van der Waals surface area contributed by atoms with E-state index in [1.54, 1.807) is 0 Å². The summed E-state index contributed by atoms with van der Waals surface area (Å²) >= 11 is 0. The van der Waals surface area contributed by atoms with Crippen LogP contribution in [0.3, 0.4) is 0 Å². The van der Waals surface area contributed by atoms with Crippen LogP contribution in [0.15, 0.2) is 12.1 Å². The van der Waals surface area contributed by atoms with Crippen molar-refractivity contribution in [2.24, 2.45) is 5.73 Å². The van der Waals surface area contributed by atoms with Crippen molar-refractivity contribution in [3.05, 3.63) is 28.8 Å². The molecule has 0 heterocycles. The van der Waals surface area contributed by atoms with Crippen LogP contribution in [0.4, 0.5) is 0 Å². The van der Waals surface area contributed by atoms with Gasteiger partial charge >= 0.3 is 0 Å². The minimum Gasteiger partial charge on any atom is -0.480 e. The molecule has 0 saturated carbocycles. The van der Waals surface area contributed by atoms with Crippen LogP contribution in [0.2, 0.25) is 0 Å². The molecule has 74 valence electrons. The number of nitrogens with two attached hydrogens (primary N) is 1. The molecule has 0 fully saturated rings. The van der Waals surface area contributed by atoms with Crippen LogP contribution in [0.25, 0.3) is 0 Å². The lowest BCUT2D eigenvalue weighted by Gasteiger charge is -2.11. The van der Waals surface area contributed by atoms with E-state index in [1.807, 2.05) is 26.0 Å².